The van der Waals surface area contributed by atoms with Crippen molar-refractivity contribution in [1.29, 1.82) is 0 Å². The van der Waals surface area contributed by atoms with Gasteiger partial charge in [0, 0.05) is 12.1 Å². The van der Waals surface area contributed by atoms with Crippen molar-refractivity contribution in [2.45, 2.75) is 64.0 Å². The number of hydrogen-bond acceptors (Lipinski definition) is 2. The molecule has 1 amide bonds. The molecule has 1 unspecified atom stereocenters. The SMILES string of the molecule is CCCNC1CCCN(C2(C)CCC2)C1=O. The number of nitrogens with one attached hydrogen (secondary N) is 1. The first-order valence-electron chi connectivity index (χ1n) is 6.72. The van der Waals surface area contributed by atoms with Crippen LogP contribution in [0.15, 0.2) is 0 Å². The Labute approximate surface area is 98.6 Å². The Morgan fingerprint density at radius 1 is 1.44 bits per heavy atom. The number of hydrogen-bond donors (Lipinski definition) is 1. The van der Waals surface area contributed by atoms with Gasteiger partial charge in [0.2, 0.25) is 5.91 Å². The molecule has 1 atom stereocenters. The molecule has 1 N–H and O–H groups in total. The van der Waals surface area contributed by atoms with Crippen molar-refractivity contribution in [3.63, 3.8) is 0 Å². The smallest absolute Gasteiger partial charge is 0.240 e. The lowest BCUT2D eigenvalue weighted by atomic mass is 9.76. The van der Waals surface area contributed by atoms with E-state index in [1.165, 1.54) is 19.3 Å². The number of likely N-dealkylation sites (tertiary alicyclic amines) is 1. The van der Waals surface area contributed by atoms with Crippen LogP contribution >= 0.6 is 0 Å². The van der Waals surface area contributed by atoms with Gasteiger partial charge in [-0.05, 0) is 52.0 Å². The second kappa shape index (κ2) is 4.74. The van der Waals surface area contributed by atoms with Gasteiger partial charge in [0.05, 0.1) is 6.04 Å². The summed E-state index contributed by atoms with van der Waals surface area (Å²) < 4.78 is 0. The highest BCUT2D eigenvalue weighted by Crippen LogP contribution is 2.38. The van der Waals surface area contributed by atoms with Crippen LogP contribution in [0.25, 0.3) is 0 Å². The van der Waals surface area contributed by atoms with E-state index in [0.29, 0.717) is 5.91 Å². The van der Waals surface area contributed by atoms with Crippen LogP contribution in [0.3, 0.4) is 0 Å². The molecule has 0 aromatic heterocycles. The lowest BCUT2D eigenvalue weighted by Gasteiger charge is -2.50. The molecule has 2 aliphatic rings. The monoisotopic (exact) mass is 224 g/mol. The Kier molecular flexibility index (Phi) is 3.53. The highest BCUT2D eigenvalue weighted by atomic mass is 16.2. The maximum absolute atomic E-state index is 12.3. The maximum atomic E-state index is 12.3. The normalized spacial score (nSPS) is 29.0. The van der Waals surface area contributed by atoms with Crippen molar-refractivity contribution in [2.24, 2.45) is 0 Å². The average Bonchev–Trinajstić information content (AvgIpc) is 2.25. The van der Waals surface area contributed by atoms with Crippen LogP contribution in [0.4, 0.5) is 0 Å². The second-order valence-corrected chi connectivity index (χ2v) is 5.49. The van der Waals surface area contributed by atoms with Crippen LogP contribution in [-0.2, 0) is 4.79 Å². The predicted octanol–water partition coefficient (Wildman–Crippen LogP) is 1.92. The summed E-state index contributed by atoms with van der Waals surface area (Å²) in [5.41, 5.74) is 0.184. The zero-order valence-corrected chi connectivity index (χ0v) is 10.6. The minimum atomic E-state index is 0.0890. The summed E-state index contributed by atoms with van der Waals surface area (Å²) in [5.74, 6) is 0.349. The van der Waals surface area contributed by atoms with Crippen molar-refractivity contribution < 1.29 is 4.79 Å². The molecule has 0 aromatic carbocycles. The quantitative estimate of drug-likeness (QED) is 0.791. The van der Waals surface area contributed by atoms with Gasteiger partial charge in [-0.25, -0.2) is 0 Å². The van der Waals surface area contributed by atoms with E-state index in [2.05, 4.69) is 24.1 Å². The molecule has 1 saturated carbocycles. The second-order valence-electron chi connectivity index (χ2n) is 5.49. The molecule has 1 aliphatic carbocycles. The van der Waals surface area contributed by atoms with Gasteiger partial charge in [-0.3, -0.25) is 4.79 Å². The molecule has 3 nitrogen and oxygen atoms in total. The first kappa shape index (κ1) is 11.9. The molecule has 3 heteroatoms. The molecule has 16 heavy (non-hydrogen) atoms. The summed E-state index contributed by atoms with van der Waals surface area (Å²) in [4.78, 5) is 14.5. The van der Waals surface area contributed by atoms with Gasteiger partial charge in [-0.15, -0.1) is 0 Å². The molecular formula is C13H24N2O. The Balaban J connectivity index is 1.96. The molecule has 0 spiro atoms. The Bertz CT molecular complexity index is 261. The number of carbonyl (C=O) groups excluding carboxylic acids is 1. The van der Waals surface area contributed by atoms with Crippen LogP contribution in [0.1, 0.15) is 52.4 Å². The average molecular weight is 224 g/mol. The van der Waals surface area contributed by atoms with Crippen molar-refractivity contribution in [3.8, 4) is 0 Å². The Hall–Kier alpha value is -0.570. The van der Waals surface area contributed by atoms with Crippen LogP contribution in [0.5, 0.6) is 0 Å². The summed E-state index contributed by atoms with van der Waals surface area (Å²) in [6.07, 6.45) is 6.95. The third kappa shape index (κ3) is 2.10. The summed E-state index contributed by atoms with van der Waals surface area (Å²) in [6.45, 7) is 6.32. The number of piperidine rings is 1. The van der Waals surface area contributed by atoms with E-state index in [4.69, 9.17) is 0 Å². The maximum Gasteiger partial charge on any atom is 0.240 e. The van der Waals surface area contributed by atoms with Gasteiger partial charge in [-0.1, -0.05) is 6.92 Å². The van der Waals surface area contributed by atoms with Gasteiger partial charge in [0.15, 0.2) is 0 Å². The summed E-state index contributed by atoms with van der Waals surface area (Å²) >= 11 is 0. The predicted molar refractivity (Wildman–Crippen MR) is 65.3 cm³/mol. The minimum Gasteiger partial charge on any atom is -0.336 e. The van der Waals surface area contributed by atoms with E-state index in [-0.39, 0.29) is 11.6 Å². The third-order valence-corrected chi connectivity index (χ3v) is 4.16. The Morgan fingerprint density at radius 3 is 2.75 bits per heavy atom. The molecule has 0 aromatic rings. The number of nitrogens with zero attached hydrogens (tertiary/aromatic N) is 1. The zero-order chi connectivity index (χ0) is 11.6. The summed E-state index contributed by atoms with van der Waals surface area (Å²) in [6, 6.07) is 0.0890. The summed E-state index contributed by atoms with van der Waals surface area (Å²) in [5, 5.41) is 3.38. The van der Waals surface area contributed by atoms with E-state index >= 15 is 0 Å². The van der Waals surface area contributed by atoms with E-state index in [1.54, 1.807) is 0 Å². The van der Waals surface area contributed by atoms with Crippen molar-refractivity contribution >= 4 is 5.91 Å². The molecule has 1 saturated heterocycles. The van der Waals surface area contributed by atoms with E-state index < -0.39 is 0 Å². The minimum absolute atomic E-state index is 0.0890. The van der Waals surface area contributed by atoms with Gasteiger partial charge in [0.25, 0.3) is 0 Å². The molecule has 2 rings (SSSR count). The molecule has 2 fully saturated rings. The molecule has 0 bridgehead atoms. The third-order valence-electron chi connectivity index (χ3n) is 4.16. The van der Waals surface area contributed by atoms with E-state index in [1.807, 2.05) is 0 Å². The fraction of sp³-hybridized carbons (Fsp3) is 0.923. The van der Waals surface area contributed by atoms with Crippen LogP contribution in [-0.4, -0.2) is 35.5 Å². The van der Waals surface area contributed by atoms with E-state index in [0.717, 1.165) is 32.4 Å². The first-order valence-corrected chi connectivity index (χ1v) is 6.72. The highest BCUT2D eigenvalue weighted by Gasteiger charge is 2.43. The van der Waals surface area contributed by atoms with Crippen LogP contribution < -0.4 is 5.32 Å². The van der Waals surface area contributed by atoms with Gasteiger partial charge in [0.1, 0.15) is 0 Å². The topological polar surface area (TPSA) is 32.3 Å². The first-order chi connectivity index (χ1) is 7.67. The highest BCUT2D eigenvalue weighted by molar-refractivity contribution is 5.83. The van der Waals surface area contributed by atoms with Gasteiger partial charge in [-0.2, -0.15) is 0 Å². The largest absolute Gasteiger partial charge is 0.336 e. The fourth-order valence-corrected chi connectivity index (χ4v) is 2.88. The van der Waals surface area contributed by atoms with Gasteiger partial charge >= 0.3 is 0 Å². The van der Waals surface area contributed by atoms with E-state index in [9.17, 15) is 4.79 Å². The van der Waals surface area contributed by atoms with Crippen LogP contribution in [0.2, 0.25) is 0 Å². The van der Waals surface area contributed by atoms with Crippen molar-refractivity contribution in [1.82, 2.24) is 10.2 Å². The molecule has 1 aliphatic heterocycles. The number of carbonyl (C=O) groups is 1. The van der Waals surface area contributed by atoms with Crippen molar-refractivity contribution in [3.05, 3.63) is 0 Å². The van der Waals surface area contributed by atoms with Crippen molar-refractivity contribution in [2.75, 3.05) is 13.1 Å². The molecule has 0 radical (unpaired) electrons. The van der Waals surface area contributed by atoms with Crippen LogP contribution in [0, 0.1) is 0 Å². The fourth-order valence-electron chi connectivity index (χ4n) is 2.88. The number of rotatable bonds is 4. The summed E-state index contributed by atoms with van der Waals surface area (Å²) in [7, 11) is 0. The molecule has 92 valence electrons. The van der Waals surface area contributed by atoms with Gasteiger partial charge < -0.3 is 10.2 Å². The standard InChI is InChI=1S/C13H24N2O/c1-3-9-14-11-6-4-10-15(12(11)16)13(2)7-5-8-13/h11,14H,3-10H2,1-2H3. The molecule has 1 heterocycles. The zero-order valence-electron chi connectivity index (χ0n) is 10.6. The Morgan fingerprint density at radius 2 is 2.19 bits per heavy atom. The molecular weight excluding hydrogens is 200 g/mol. The lowest BCUT2D eigenvalue weighted by Crippen LogP contribution is -2.61. The number of amides is 1. The lowest BCUT2D eigenvalue weighted by molar-refractivity contribution is -0.146.